The van der Waals surface area contributed by atoms with E-state index in [9.17, 15) is 8.42 Å². The first-order chi connectivity index (χ1) is 8.32. The lowest BCUT2D eigenvalue weighted by Crippen LogP contribution is -2.50. The number of sulfonamides is 1. The molecule has 0 aliphatic carbocycles. The summed E-state index contributed by atoms with van der Waals surface area (Å²) in [5.41, 5.74) is 0. The van der Waals surface area contributed by atoms with Crippen LogP contribution < -0.4 is 0 Å². The average Bonchev–Trinajstić information content (AvgIpc) is 2.63. The summed E-state index contributed by atoms with van der Waals surface area (Å²) in [6.07, 6.45) is 1.47. The third-order valence-electron chi connectivity index (χ3n) is 3.21. The minimum absolute atomic E-state index is 0.0826. The Morgan fingerprint density at radius 1 is 1.44 bits per heavy atom. The number of morpholine rings is 1. The van der Waals surface area contributed by atoms with Crippen LogP contribution in [0.3, 0.4) is 0 Å². The van der Waals surface area contributed by atoms with Crippen molar-refractivity contribution in [3.63, 3.8) is 0 Å². The lowest BCUT2D eigenvalue weighted by molar-refractivity contribution is -0.0171. The van der Waals surface area contributed by atoms with Crippen LogP contribution in [-0.2, 0) is 21.8 Å². The lowest BCUT2D eigenvalue weighted by Gasteiger charge is -2.35. The van der Waals surface area contributed by atoms with Gasteiger partial charge in [0.2, 0.25) is 0 Å². The zero-order chi connectivity index (χ0) is 13.5. The Morgan fingerprint density at radius 2 is 2.11 bits per heavy atom. The van der Waals surface area contributed by atoms with Crippen molar-refractivity contribution in [1.82, 2.24) is 13.9 Å². The Kier molecular flexibility index (Phi) is 3.48. The second-order valence-electron chi connectivity index (χ2n) is 4.80. The SMILES string of the molecule is Cc1nc(S(=O)(=O)N2CC(C)OCC2C)cn1C. The van der Waals surface area contributed by atoms with Crippen LogP contribution >= 0.6 is 0 Å². The van der Waals surface area contributed by atoms with Gasteiger partial charge in [-0.25, -0.2) is 13.4 Å². The minimum atomic E-state index is -3.52. The van der Waals surface area contributed by atoms with E-state index in [1.165, 1.54) is 4.31 Å². The van der Waals surface area contributed by atoms with E-state index in [1.54, 1.807) is 24.7 Å². The predicted molar refractivity (Wildman–Crippen MR) is 66.7 cm³/mol. The summed E-state index contributed by atoms with van der Waals surface area (Å²) in [7, 11) is -1.74. The fourth-order valence-electron chi connectivity index (χ4n) is 1.98. The van der Waals surface area contributed by atoms with Gasteiger partial charge in [0.05, 0.1) is 12.7 Å². The molecule has 0 amide bonds. The zero-order valence-electron chi connectivity index (χ0n) is 11.1. The Balaban J connectivity index is 2.35. The van der Waals surface area contributed by atoms with Gasteiger partial charge in [0.1, 0.15) is 5.82 Å². The smallest absolute Gasteiger partial charge is 0.262 e. The standard InChI is InChI=1S/C11H19N3O3S/c1-8-7-17-9(2)5-14(8)18(15,16)11-6-13(4)10(3)12-11/h6,8-9H,5,7H2,1-4H3. The summed E-state index contributed by atoms with van der Waals surface area (Å²) in [4.78, 5) is 4.11. The van der Waals surface area contributed by atoms with Gasteiger partial charge in [-0.05, 0) is 20.8 Å². The maximum atomic E-state index is 12.5. The molecule has 1 aliphatic heterocycles. The molecule has 1 fully saturated rings. The van der Waals surface area contributed by atoms with Gasteiger partial charge in [-0.2, -0.15) is 4.31 Å². The molecule has 0 N–H and O–H groups in total. The molecule has 1 aliphatic rings. The molecule has 0 bridgehead atoms. The minimum Gasteiger partial charge on any atom is -0.375 e. The van der Waals surface area contributed by atoms with E-state index < -0.39 is 10.0 Å². The van der Waals surface area contributed by atoms with Crippen LogP contribution in [0.15, 0.2) is 11.2 Å². The Labute approximate surface area is 108 Å². The largest absolute Gasteiger partial charge is 0.375 e. The number of hydrogen-bond donors (Lipinski definition) is 0. The second kappa shape index (κ2) is 4.64. The highest BCUT2D eigenvalue weighted by Crippen LogP contribution is 2.21. The Morgan fingerprint density at radius 3 is 2.67 bits per heavy atom. The Bertz CT molecular complexity index is 518. The molecule has 7 heteroatoms. The normalized spacial score (nSPS) is 26.4. The molecule has 1 aromatic heterocycles. The van der Waals surface area contributed by atoms with E-state index in [-0.39, 0.29) is 17.2 Å². The predicted octanol–water partition coefficient (Wildman–Crippen LogP) is 0.526. The number of ether oxygens (including phenoxy) is 1. The number of aromatic nitrogens is 2. The van der Waals surface area contributed by atoms with Gasteiger partial charge in [-0.1, -0.05) is 0 Å². The zero-order valence-corrected chi connectivity index (χ0v) is 11.9. The van der Waals surface area contributed by atoms with Crippen molar-refractivity contribution in [1.29, 1.82) is 0 Å². The van der Waals surface area contributed by atoms with Crippen molar-refractivity contribution in [3.05, 3.63) is 12.0 Å². The van der Waals surface area contributed by atoms with Gasteiger partial charge in [0, 0.05) is 25.8 Å². The first-order valence-corrected chi connectivity index (χ1v) is 7.40. The van der Waals surface area contributed by atoms with Gasteiger partial charge >= 0.3 is 0 Å². The van der Waals surface area contributed by atoms with Crippen LogP contribution in [0.4, 0.5) is 0 Å². The lowest BCUT2D eigenvalue weighted by atomic mass is 10.2. The van der Waals surface area contributed by atoms with Crippen molar-refractivity contribution in [2.75, 3.05) is 13.2 Å². The van der Waals surface area contributed by atoms with Crippen LogP contribution in [0.25, 0.3) is 0 Å². The van der Waals surface area contributed by atoms with E-state index in [0.717, 1.165) is 0 Å². The van der Waals surface area contributed by atoms with E-state index in [1.807, 2.05) is 13.8 Å². The fourth-order valence-corrected chi connectivity index (χ4v) is 3.70. The number of imidazole rings is 1. The Hall–Kier alpha value is -0.920. The summed E-state index contributed by atoms with van der Waals surface area (Å²) in [6.45, 7) is 6.30. The van der Waals surface area contributed by atoms with Crippen molar-refractivity contribution < 1.29 is 13.2 Å². The van der Waals surface area contributed by atoms with Gasteiger partial charge in [0.15, 0.2) is 5.03 Å². The first-order valence-electron chi connectivity index (χ1n) is 5.95. The molecule has 2 rings (SSSR count). The molecule has 0 spiro atoms. The van der Waals surface area contributed by atoms with Crippen LogP contribution in [0, 0.1) is 6.92 Å². The second-order valence-corrected chi connectivity index (χ2v) is 6.64. The van der Waals surface area contributed by atoms with Crippen LogP contribution in [0.1, 0.15) is 19.7 Å². The van der Waals surface area contributed by atoms with Crippen molar-refractivity contribution in [2.45, 2.75) is 37.9 Å². The van der Waals surface area contributed by atoms with Gasteiger partial charge in [0.25, 0.3) is 10.0 Å². The highest BCUT2D eigenvalue weighted by Gasteiger charge is 2.35. The molecule has 18 heavy (non-hydrogen) atoms. The van der Waals surface area contributed by atoms with Gasteiger partial charge in [-0.3, -0.25) is 0 Å². The summed E-state index contributed by atoms with van der Waals surface area (Å²) in [5, 5.41) is 0.114. The highest BCUT2D eigenvalue weighted by atomic mass is 32.2. The number of rotatable bonds is 2. The molecule has 2 atom stereocenters. The third kappa shape index (κ3) is 2.30. The number of hydrogen-bond acceptors (Lipinski definition) is 4. The highest BCUT2D eigenvalue weighted by molar-refractivity contribution is 7.89. The van der Waals surface area contributed by atoms with Crippen molar-refractivity contribution >= 4 is 10.0 Å². The van der Waals surface area contributed by atoms with E-state index >= 15 is 0 Å². The summed E-state index contributed by atoms with van der Waals surface area (Å²) in [5.74, 6) is 0.683. The number of aryl methyl sites for hydroxylation is 2. The molecule has 1 aromatic rings. The molecule has 1 saturated heterocycles. The molecule has 0 saturated carbocycles. The topological polar surface area (TPSA) is 64.4 Å². The quantitative estimate of drug-likeness (QED) is 0.788. The average molecular weight is 273 g/mol. The fraction of sp³-hybridized carbons (Fsp3) is 0.727. The van der Waals surface area contributed by atoms with Gasteiger partial charge in [-0.15, -0.1) is 0 Å². The summed E-state index contributed by atoms with van der Waals surface area (Å²) in [6, 6.07) is -0.159. The molecule has 0 radical (unpaired) electrons. The first kappa shape index (κ1) is 13.5. The van der Waals surface area contributed by atoms with Crippen LogP contribution in [0.5, 0.6) is 0 Å². The molecule has 102 valence electrons. The molecular weight excluding hydrogens is 254 g/mol. The van der Waals surface area contributed by atoms with Crippen molar-refractivity contribution in [3.8, 4) is 0 Å². The maximum absolute atomic E-state index is 12.5. The summed E-state index contributed by atoms with van der Waals surface area (Å²) < 4.78 is 33.6. The monoisotopic (exact) mass is 273 g/mol. The molecule has 6 nitrogen and oxygen atoms in total. The van der Waals surface area contributed by atoms with Gasteiger partial charge < -0.3 is 9.30 Å². The molecular formula is C11H19N3O3S. The van der Waals surface area contributed by atoms with Crippen molar-refractivity contribution in [2.24, 2.45) is 7.05 Å². The van der Waals surface area contributed by atoms with Crippen LogP contribution in [-0.4, -0.2) is 47.6 Å². The maximum Gasteiger partial charge on any atom is 0.262 e. The third-order valence-corrected chi connectivity index (χ3v) is 5.06. The molecule has 2 unspecified atom stereocenters. The van der Waals surface area contributed by atoms with Crippen LogP contribution in [0.2, 0.25) is 0 Å². The van der Waals surface area contributed by atoms with E-state index in [0.29, 0.717) is 19.0 Å². The van der Waals surface area contributed by atoms with E-state index in [4.69, 9.17) is 4.74 Å². The summed E-state index contributed by atoms with van der Waals surface area (Å²) >= 11 is 0. The number of nitrogens with zero attached hydrogens (tertiary/aromatic N) is 3. The molecule has 0 aromatic carbocycles. The molecule has 2 heterocycles. The van der Waals surface area contributed by atoms with E-state index in [2.05, 4.69) is 4.98 Å².